The third-order valence-electron chi connectivity index (χ3n) is 3.38. The number of aliphatic hydroxyl groups excluding tert-OH is 1. The molecule has 108 valence electrons. The highest BCUT2D eigenvalue weighted by Crippen LogP contribution is 2.32. The zero-order valence-electron chi connectivity index (χ0n) is 11.5. The van der Waals surface area contributed by atoms with Crippen LogP contribution in [0.5, 0.6) is 5.75 Å². The first-order valence-electron chi connectivity index (χ1n) is 6.56. The molecule has 1 unspecified atom stereocenters. The minimum atomic E-state index is -0.731. The van der Waals surface area contributed by atoms with Crippen LogP contribution in [0.25, 0.3) is 0 Å². The second-order valence-electron chi connectivity index (χ2n) is 4.77. The van der Waals surface area contributed by atoms with Gasteiger partial charge in [0.25, 0.3) is 5.91 Å². The third kappa shape index (κ3) is 2.89. The molecular formula is C16H15NO3S. The standard InChI is InChI=1S/C16H15NO3S/c1-21-12-5-2-10(3-6-12)16(19)11-4-7-14-13(8-11)17-15(18)9-20-14/h2-8,16,19H,9H2,1H3,(H,17,18). The highest BCUT2D eigenvalue weighted by molar-refractivity contribution is 7.98. The molecule has 5 heteroatoms. The van der Waals surface area contributed by atoms with Crippen LogP contribution in [-0.4, -0.2) is 23.9 Å². The lowest BCUT2D eigenvalue weighted by molar-refractivity contribution is -0.118. The molecule has 0 saturated heterocycles. The number of benzene rings is 2. The average Bonchev–Trinajstić information content (AvgIpc) is 2.53. The van der Waals surface area contributed by atoms with Crippen LogP contribution in [0.3, 0.4) is 0 Å². The molecule has 1 atom stereocenters. The number of fused-ring (bicyclic) bond motifs is 1. The fourth-order valence-corrected chi connectivity index (χ4v) is 2.66. The van der Waals surface area contributed by atoms with Gasteiger partial charge in [0, 0.05) is 4.90 Å². The number of aliphatic hydroxyl groups is 1. The predicted octanol–water partition coefficient (Wildman–Crippen LogP) is 2.82. The Balaban J connectivity index is 1.88. The Labute approximate surface area is 127 Å². The molecule has 2 N–H and O–H groups in total. The van der Waals surface area contributed by atoms with Crippen molar-refractivity contribution in [3.05, 3.63) is 53.6 Å². The highest BCUT2D eigenvalue weighted by atomic mass is 32.2. The monoisotopic (exact) mass is 301 g/mol. The number of thioether (sulfide) groups is 1. The van der Waals surface area contributed by atoms with E-state index in [2.05, 4.69) is 5.32 Å². The lowest BCUT2D eigenvalue weighted by Crippen LogP contribution is -2.25. The van der Waals surface area contributed by atoms with Crippen LogP contribution < -0.4 is 10.1 Å². The van der Waals surface area contributed by atoms with Gasteiger partial charge in [-0.25, -0.2) is 0 Å². The summed E-state index contributed by atoms with van der Waals surface area (Å²) in [6.45, 7) is 0.0328. The molecule has 0 aliphatic carbocycles. The molecular weight excluding hydrogens is 286 g/mol. The molecule has 1 heterocycles. The summed E-state index contributed by atoms with van der Waals surface area (Å²) in [5.74, 6) is 0.446. The Morgan fingerprint density at radius 3 is 2.62 bits per heavy atom. The lowest BCUT2D eigenvalue weighted by atomic mass is 10.0. The number of carbonyl (C=O) groups excluding carboxylic acids is 1. The molecule has 0 bridgehead atoms. The molecule has 3 rings (SSSR count). The summed E-state index contributed by atoms with van der Waals surface area (Å²) in [5, 5.41) is 13.2. The van der Waals surface area contributed by atoms with Crippen LogP contribution in [0, 0.1) is 0 Å². The van der Waals surface area contributed by atoms with Gasteiger partial charge in [0.15, 0.2) is 6.61 Å². The minimum absolute atomic E-state index is 0.0328. The summed E-state index contributed by atoms with van der Waals surface area (Å²) >= 11 is 1.66. The fourth-order valence-electron chi connectivity index (χ4n) is 2.25. The Hall–Kier alpha value is -1.98. The minimum Gasteiger partial charge on any atom is -0.482 e. The van der Waals surface area contributed by atoms with E-state index < -0.39 is 6.10 Å². The van der Waals surface area contributed by atoms with Crippen molar-refractivity contribution >= 4 is 23.4 Å². The summed E-state index contributed by atoms with van der Waals surface area (Å²) in [7, 11) is 0. The van der Waals surface area contributed by atoms with Gasteiger partial charge >= 0.3 is 0 Å². The molecule has 0 spiro atoms. The molecule has 1 amide bonds. The molecule has 1 aliphatic heterocycles. The first-order chi connectivity index (χ1) is 10.2. The summed E-state index contributed by atoms with van der Waals surface area (Å²) in [6.07, 6.45) is 1.28. The maximum atomic E-state index is 11.3. The average molecular weight is 301 g/mol. The van der Waals surface area contributed by atoms with Crippen molar-refractivity contribution in [1.82, 2.24) is 0 Å². The van der Waals surface area contributed by atoms with E-state index in [1.165, 1.54) is 0 Å². The van der Waals surface area contributed by atoms with Crippen LogP contribution >= 0.6 is 11.8 Å². The van der Waals surface area contributed by atoms with E-state index in [-0.39, 0.29) is 12.5 Å². The number of hydrogen-bond acceptors (Lipinski definition) is 4. The smallest absolute Gasteiger partial charge is 0.262 e. The second-order valence-corrected chi connectivity index (χ2v) is 5.65. The van der Waals surface area contributed by atoms with Crippen LogP contribution in [-0.2, 0) is 4.79 Å². The third-order valence-corrected chi connectivity index (χ3v) is 4.13. The molecule has 21 heavy (non-hydrogen) atoms. The quantitative estimate of drug-likeness (QED) is 0.856. The van der Waals surface area contributed by atoms with E-state index >= 15 is 0 Å². The summed E-state index contributed by atoms with van der Waals surface area (Å²) < 4.78 is 5.31. The number of rotatable bonds is 3. The second kappa shape index (κ2) is 5.79. The number of hydrogen-bond donors (Lipinski definition) is 2. The zero-order valence-corrected chi connectivity index (χ0v) is 12.3. The van der Waals surface area contributed by atoms with Gasteiger partial charge in [0.1, 0.15) is 11.9 Å². The Bertz CT molecular complexity index is 670. The van der Waals surface area contributed by atoms with Crippen LogP contribution in [0.1, 0.15) is 17.2 Å². The van der Waals surface area contributed by atoms with Crippen LogP contribution in [0.2, 0.25) is 0 Å². The first kappa shape index (κ1) is 14.0. The maximum absolute atomic E-state index is 11.3. The summed E-state index contributed by atoms with van der Waals surface area (Å²) in [4.78, 5) is 12.5. The van der Waals surface area contributed by atoms with Crippen LogP contribution in [0.4, 0.5) is 5.69 Å². The van der Waals surface area contributed by atoms with Crippen molar-refractivity contribution in [3.8, 4) is 5.75 Å². The van der Waals surface area contributed by atoms with Crippen molar-refractivity contribution < 1.29 is 14.6 Å². The maximum Gasteiger partial charge on any atom is 0.262 e. The predicted molar refractivity (Wildman–Crippen MR) is 82.9 cm³/mol. The van der Waals surface area contributed by atoms with Crippen molar-refractivity contribution in [2.24, 2.45) is 0 Å². The van der Waals surface area contributed by atoms with Crippen molar-refractivity contribution in [1.29, 1.82) is 0 Å². The SMILES string of the molecule is CSc1ccc(C(O)c2ccc3c(c2)NC(=O)CO3)cc1. The molecule has 4 nitrogen and oxygen atoms in total. The van der Waals surface area contributed by atoms with Gasteiger partial charge in [-0.3, -0.25) is 4.79 Å². The number of amides is 1. The molecule has 0 radical (unpaired) electrons. The van der Waals surface area contributed by atoms with E-state index in [1.54, 1.807) is 23.9 Å². The first-order valence-corrected chi connectivity index (χ1v) is 7.78. The van der Waals surface area contributed by atoms with E-state index in [4.69, 9.17) is 4.74 Å². The molecule has 2 aromatic rings. The Morgan fingerprint density at radius 2 is 1.90 bits per heavy atom. The van der Waals surface area contributed by atoms with Crippen molar-refractivity contribution in [2.45, 2.75) is 11.0 Å². The van der Waals surface area contributed by atoms with Gasteiger partial charge in [-0.15, -0.1) is 11.8 Å². The summed E-state index contributed by atoms with van der Waals surface area (Å²) in [6, 6.07) is 13.1. The zero-order chi connectivity index (χ0) is 14.8. The molecule has 2 aromatic carbocycles. The number of ether oxygens (including phenoxy) is 1. The van der Waals surface area contributed by atoms with E-state index in [0.29, 0.717) is 11.4 Å². The molecule has 0 fully saturated rings. The van der Waals surface area contributed by atoms with Crippen molar-refractivity contribution in [3.63, 3.8) is 0 Å². The van der Waals surface area contributed by atoms with E-state index in [0.717, 1.165) is 16.0 Å². The summed E-state index contributed by atoms with van der Waals surface area (Å²) in [5.41, 5.74) is 2.13. The Morgan fingerprint density at radius 1 is 1.19 bits per heavy atom. The van der Waals surface area contributed by atoms with E-state index in [1.807, 2.05) is 36.6 Å². The van der Waals surface area contributed by atoms with Gasteiger partial charge in [-0.05, 0) is 41.6 Å². The van der Waals surface area contributed by atoms with Crippen molar-refractivity contribution in [2.75, 3.05) is 18.2 Å². The normalized spacial score (nSPS) is 14.9. The molecule has 0 aromatic heterocycles. The number of nitrogens with one attached hydrogen (secondary N) is 1. The lowest BCUT2D eigenvalue weighted by Gasteiger charge is -2.20. The van der Waals surface area contributed by atoms with Gasteiger partial charge in [0.05, 0.1) is 5.69 Å². The van der Waals surface area contributed by atoms with Gasteiger partial charge < -0.3 is 15.2 Å². The topological polar surface area (TPSA) is 58.6 Å². The van der Waals surface area contributed by atoms with Gasteiger partial charge in [-0.1, -0.05) is 18.2 Å². The number of anilines is 1. The van der Waals surface area contributed by atoms with E-state index in [9.17, 15) is 9.90 Å². The van der Waals surface area contributed by atoms with Gasteiger partial charge in [0.2, 0.25) is 0 Å². The fraction of sp³-hybridized carbons (Fsp3) is 0.188. The highest BCUT2D eigenvalue weighted by Gasteiger charge is 2.18. The Kier molecular flexibility index (Phi) is 3.86. The molecule has 1 aliphatic rings. The molecule has 0 saturated carbocycles. The number of carbonyl (C=O) groups is 1. The largest absolute Gasteiger partial charge is 0.482 e. The van der Waals surface area contributed by atoms with Gasteiger partial charge in [-0.2, -0.15) is 0 Å². The van der Waals surface area contributed by atoms with Crippen LogP contribution in [0.15, 0.2) is 47.4 Å².